The summed E-state index contributed by atoms with van der Waals surface area (Å²) in [5.41, 5.74) is 1.83. The summed E-state index contributed by atoms with van der Waals surface area (Å²) < 4.78 is 12.9. The molecule has 0 saturated carbocycles. The zero-order chi connectivity index (χ0) is 21.6. The third kappa shape index (κ3) is 5.49. The van der Waals surface area contributed by atoms with Crippen LogP contribution < -0.4 is 10.6 Å². The minimum Gasteiger partial charge on any atom is -0.325 e. The zero-order valence-corrected chi connectivity index (χ0v) is 17.3. The molecule has 0 atom stereocenters. The smallest absolute Gasteiger partial charge is 0.255 e. The molecule has 2 N–H and O–H groups in total. The van der Waals surface area contributed by atoms with Gasteiger partial charge in [-0.2, -0.15) is 0 Å². The first-order valence-corrected chi connectivity index (χ1v) is 10.6. The maximum absolute atomic E-state index is 12.9. The minimum absolute atomic E-state index is 0.176. The Balaban J connectivity index is 1.31. The Morgan fingerprint density at radius 1 is 0.742 bits per heavy atom. The Hall–Kier alpha value is -3.64. The highest BCUT2D eigenvalue weighted by Crippen LogP contribution is 2.22. The third-order valence-corrected chi connectivity index (χ3v) is 5.63. The van der Waals surface area contributed by atoms with Gasteiger partial charge >= 0.3 is 0 Å². The lowest BCUT2D eigenvalue weighted by Crippen LogP contribution is -2.14. The Kier molecular flexibility index (Phi) is 6.29. The van der Waals surface area contributed by atoms with E-state index in [4.69, 9.17) is 0 Å². The van der Waals surface area contributed by atoms with Gasteiger partial charge < -0.3 is 10.6 Å². The molecule has 4 nitrogen and oxygen atoms in total. The van der Waals surface area contributed by atoms with Crippen molar-refractivity contribution in [1.82, 2.24) is 0 Å². The topological polar surface area (TPSA) is 58.2 Å². The number of fused-ring (bicyclic) bond motifs is 1. The summed E-state index contributed by atoms with van der Waals surface area (Å²) in [5, 5.41) is 7.72. The lowest BCUT2D eigenvalue weighted by Gasteiger charge is -2.08. The van der Waals surface area contributed by atoms with Crippen LogP contribution in [0.1, 0.15) is 10.4 Å². The van der Waals surface area contributed by atoms with Gasteiger partial charge in [-0.3, -0.25) is 9.59 Å². The van der Waals surface area contributed by atoms with Crippen molar-refractivity contribution < 1.29 is 14.0 Å². The lowest BCUT2D eigenvalue weighted by molar-refractivity contribution is -0.113. The van der Waals surface area contributed by atoms with Gasteiger partial charge in [-0.1, -0.05) is 30.3 Å². The van der Waals surface area contributed by atoms with Crippen LogP contribution in [0, 0.1) is 5.82 Å². The molecule has 0 aromatic heterocycles. The molecule has 0 fully saturated rings. The van der Waals surface area contributed by atoms with Crippen LogP contribution in [-0.4, -0.2) is 17.6 Å². The SMILES string of the molecule is O=C(CSc1ccc(NC(=O)c2ccc3ccccc3c2)cc1)Nc1ccc(F)cc1. The maximum atomic E-state index is 12.9. The second kappa shape index (κ2) is 9.45. The van der Waals surface area contributed by atoms with Crippen molar-refractivity contribution in [3.8, 4) is 0 Å². The van der Waals surface area contributed by atoms with Crippen LogP contribution in [0.3, 0.4) is 0 Å². The molecule has 0 heterocycles. The van der Waals surface area contributed by atoms with Gasteiger partial charge in [0.1, 0.15) is 5.82 Å². The fraction of sp³-hybridized carbons (Fsp3) is 0.0400. The summed E-state index contributed by atoms with van der Waals surface area (Å²) in [6.45, 7) is 0. The second-order valence-corrected chi connectivity index (χ2v) is 7.93. The highest BCUT2D eigenvalue weighted by Gasteiger charge is 2.08. The average molecular weight is 431 g/mol. The Morgan fingerprint density at radius 3 is 2.13 bits per heavy atom. The molecule has 31 heavy (non-hydrogen) atoms. The van der Waals surface area contributed by atoms with Crippen LogP contribution in [0.4, 0.5) is 15.8 Å². The average Bonchev–Trinajstić information content (AvgIpc) is 2.80. The standard InChI is InChI=1S/C25H19FN2O2S/c26-20-7-9-21(10-8-20)27-24(29)16-31-23-13-11-22(12-14-23)28-25(30)19-6-5-17-3-1-2-4-18(17)15-19/h1-15H,16H2,(H,27,29)(H,28,30). The van der Waals surface area contributed by atoms with E-state index in [0.29, 0.717) is 16.9 Å². The van der Waals surface area contributed by atoms with Crippen molar-refractivity contribution in [2.75, 3.05) is 16.4 Å². The molecule has 0 bridgehead atoms. The number of hydrogen-bond donors (Lipinski definition) is 2. The molecule has 6 heteroatoms. The fourth-order valence-electron chi connectivity index (χ4n) is 3.05. The number of rotatable bonds is 6. The van der Waals surface area contributed by atoms with Crippen molar-refractivity contribution >= 4 is 45.7 Å². The maximum Gasteiger partial charge on any atom is 0.255 e. The van der Waals surface area contributed by atoms with Crippen LogP contribution in [-0.2, 0) is 4.79 Å². The van der Waals surface area contributed by atoms with Gasteiger partial charge in [0.2, 0.25) is 5.91 Å². The number of anilines is 2. The molecule has 0 aliphatic carbocycles. The van der Waals surface area contributed by atoms with E-state index in [9.17, 15) is 14.0 Å². The summed E-state index contributed by atoms with van der Waals surface area (Å²) in [6.07, 6.45) is 0. The van der Waals surface area contributed by atoms with Crippen LogP contribution in [0.5, 0.6) is 0 Å². The summed E-state index contributed by atoms with van der Waals surface area (Å²) in [5.74, 6) is -0.476. The first-order chi connectivity index (χ1) is 15.1. The predicted octanol–water partition coefficient (Wildman–Crippen LogP) is 5.96. The molecule has 0 saturated heterocycles. The van der Waals surface area contributed by atoms with E-state index in [0.717, 1.165) is 15.7 Å². The van der Waals surface area contributed by atoms with Gasteiger partial charge in [0.05, 0.1) is 5.75 Å². The third-order valence-electron chi connectivity index (χ3n) is 4.62. The molecule has 4 aromatic rings. The summed E-state index contributed by atoms with van der Waals surface area (Å²) in [7, 11) is 0. The van der Waals surface area contributed by atoms with Gasteiger partial charge in [-0.25, -0.2) is 4.39 Å². The van der Waals surface area contributed by atoms with E-state index in [1.165, 1.54) is 36.0 Å². The van der Waals surface area contributed by atoms with Crippen molar-refractivity contribution in [1.29, 1.82) is 0 Å². The van der Waals surface area contributed by atoms with Gasteiger partial charge in [-0.15, -0.1) is 11.8 Å². The van der Waals surface area contributed by atoms with Gasteiger partial charge in [0.15, 0.2) is 0 Å². The Morgan fingerprint density at radius 2 is 1.39 bits per heavy atom. The van der Waals surface area contributed by atoms with Gasteiger partial charge in [0, 0.05) is 21.8 Å². The van der Waals surface area contributed by atoms with E-state index in [2.05, 4.69) is 10.6 Å². The van der Waals surface area contributed by atoms with Crippen molar-refractivity contribution in [2.45, 2.75) is 4.90 Å². The van der Waals surface area contributed by atoms with Gasteiger partial charge in [-0.05, 0) is 71.4 Å². The van der Waals surface area contributed by atoms with Gasteiger partial charge in [0.25, 0.3) is 5.91 Å². The monoisotopic (exact) mass is 430 g/mol. The molecule has 0 radical (unpaired) electrons. The number of carbonyl (C=O) groups is 2. The van der Waals surface area contributed by atoms with Crippen LogP contribution >= 0.6 is 11.8 Å². The lowest BCUT2D eigenvalue weighted by atomic mass is 10.1. The van der Waals surface area contributed by atoms with Crippen molar-refractivity contribution in [3.63, 3.8) is 0 Å². The van der Waals surface area contributed by atoms with E-state index >= 15 is 0 Å². The minimum atomic E-state index is -0.347. The molecule has 154 valence electrons. The fourth-order valence-corrected chi connectivity index (χ4v) is 3.75. The first kappa shape index (κ1) is 20.6. The normalized spacial score (nSPS) is 10.6. The number of benzene rings is 4. The molecule has 0 unspecified atom stereocenters. The largest absolute Gasteiger partial charge is 0.325 e. The van der Waals surface area contributed by atoms with E-state index < -0.39 is 0 Å². The van der Waals surface area contributed by atoms with E-state index in [-0.39, 0.29) is 23.4 Å². The number of hydrogen-bond acceptors (Lipinski definition) is 3. The number of carbonyl (C=O) groups excluding carboxylic acids is 2. The highest BCUT2D eigenvalue weighted by molar-refractivity contribution is 8.00. The number of thioether (sulfide) groups is 1. The Labute approximate surface area is 183 Å². The summed E-state index contributed by atoms with van der Waals surface area (Å²) in [6, 6.07) is 26.5. The quantitative estimate of drug-likeness (QED) is 0.371. The molecule has 0 aliphatic heterocycles. The van der Waals surface area contributed by atoms with E-state index in [1.54, 1.807) is 12.1 Å². The van der Waals surface area contributed by atoms with E-state index in [1.807, 2.05) is 54.6 Å². The molecule has 2 amide bonds. The molecular weight excluding hydrogens is 411 g/mol. The molecule has 4 rings (SSSR count). The zero-order valence-electron chi connectivity index (χ0n) is 16.5. The molecule has 0 spiro atoms. The first-order valence-electron chi connectivity index (χ1n) is 9.65. The molecule has 0 aliphatic rings. The van der Waals surface area contributed by atoms with Crippen LogP contribution in [0.25, 0.3) is 10.8 Å². The predicted molar refractivity (Wildman–Crippen MR) is 124 cm³/mol. The van der Waals surface area contributed by atoms with Crippen molar-refractivity contribution in [3.05, 3.63) is 102 Å². The number of nitrogens with one attached hydrogen (secondary N) is 2. The Bertz CT molecular complexity index is 1220. The van der Waals surface area contributed by atoms with Crippen LogP contribution in [0.15, 0.2) is 95.9 Å². The summed E-state index contributed by atoms with van der Waals surface area (Å²) in [4.78, 5) is 25.5. The molecule has 4 aromatic carbocycles. The van der Waals surface area contributed by atoms with Crippen LogP contribution in [0.2, 0.25) is 0 Å². The highest BCUT2D eigenvalue weighted by atomic mass is 32.2. The number of halogens is 1. The summed E-state index contributed by atoms with van der Waals surface area (Å²) >= 11 is 1.38. The number of amides is 2. The molecular formula is C25H19FN2O2S. The van der Waals surface area contributed by atoms with Crippen molar-refractivity contribution in [2.24, 2.45) is 0 Å². The second-order valence-electron chi connectivity index (χ2n) is 6.88.